The normalized spacial score (nSPS) is 21.3. The predicted molar refractivity (Wildman–Crippen MR) is 95.2 cm³/mol. The molecule has 0 saturated carbocycles. The van der Waals surface area contributed by atoms with Crippen LogP contribution in [0.5, 0.6) is 0 Å². The minimum atomic E-state index is -0.278. The zero-order valence-electron chi connectivity index (χ0n) is 14.5. The fourth-order valence-corrected chi connectivity index (χ4v) is 3.69. The Morgan fingerprint density at radius 3 is 2.88 bits per heavy atom. The van der Waals surface area contributed by atoms with Crippen molar-refractivity contribution in [3.63, 3.8) is 0 Å². The molecule has 2 saturated heterocycles. The zero-order chi connectivity index (χ0) is 17.6. The van der Waals surface area contributed by atoms with Crippen LogP contribution < -0.4 is 0 Å². The Balaban J connectivity index is 1.57. The first kappa shape index (κ1) is 17.6. The third kappa shape index (κ3) is 4.68. The van der Waals surface area contributed by atoms with E-state index < -0.39 is 0 Å². The lowest BCUT2D eigenvalue weighted by Crippen LogP contribution is -2.49. The molecule has 0 bridgehead atoms. The van der Waals surface area contributed by atoms with Crippen LogP contribution in [-0.4, -0.2) is 47.3 Å². The van der Waals surface area contributed by atoms with Crippen LogP contribution in [0.2, 0.25) is 0 Å². The maximum Gasteiger partial charge on any atom is 0.226 e. The van der Waals surface area contributed by atoms with E-state index in [-0.39, 0.29) is 23.7 Å². The molecule has 0 spiro atoms. The van der Waals surface area contributed by atoms with Gasteiger partial charge in [0.15, 0.2) is 0 Å². The highest BCUT2D eigenvalue weighted by atomic mass is 19.1. The molecule has 0 radical (unpaired) electrons. The van der Waals surface area contributed by atoms with Crippen molar-refractivity contribution in [3.8, 4) is 0 Å². The Hall–Kier alpha value is -2.17. The molecule has 1 aromatic carbocycles. The smallest absolute Gasteiger partial charge is 0.226 e. The van der Waals surface area contributed by atoms with Crippen molar-refractivity contribution < 1.29 is 14.0 Å². The van der Waals surface area contributed by atoms with Gasteiger partial charge in [-0.15, -0.1) is 0 Å². The third-order valence-corrected chi connectivity index (χ3v) is 5.00. The molecule has 4 nitrogen and oxygen atoms in total. The summed E-state index contributed by atoms with van der Waals surface area (Å²) >= 11 is 0. The Morgan fingerprint density at radius 2 is 2.12 bits per heavy atom. The molecule has 1 unspecified atom stereocenters. The Labute approximate surface area is 148 Å². The average molecular weight is 344 g/mol. The summed E-state index contributed by atoms with van der Waals surface area (Å²) in [6.07, 6.45) is 8.53. The molecule has 25 heavy (non-hydrogen) atoms. The lowest BCUT2D eigenvalue weighted by Gasteiger charge is -2.37. The molecule has 5 heteroatoms. The van der Waals surface area contributed by atoms with E-state index in [2.05, 4.69) is 0 Å². The van der Waals surface area contributed by atoms with Crippen molar-refractivity contribution in [1.29, 1.82) is 0 Å². The van der Waals surface area contributed by atoms with Crippen molar-refractivity contribution >= 4 is 17.9 Å². The monoisotopic (exact) mass is 344 g/mol. The first-order valence-electron chi connectivity index (χ1n) is 9.13. The van der Waals surface area contributed by atoms with Gasteiger partial charge >= 0.3 is 0 Å². The number of carbonyl (C=O) groups is 2. The molecule has 0 N–H and O–H groups in total. The summed E-state index contributed by atoms with van der Waals surface area (Å²) in [6.45, 7) is 2.24. The number of rotatable bonds is 5. The predicted octanol–water partition coefficient (Wildman–Crippen LogP) is 3.23. The van der Waals surface area contributed by atoms with Crippen LogP contribution >= 0.6 is 0 Å². The molecule has 0 aromatic heterocycles. The fourth-order valence-electron chi connectivity index (χ4n) is 3.69. The first-order chi connectivity index (χ1) is 12.1. The molecule has 2 aliphatic heterocycles. The maximum atomic E-state index is 13.2. The number of halogens is 1. The lowest BCUT2D eigenvalue weighted by molar-refractivity contribution is -0.137. The second-order valence-corrected chi connectivity index (χ2v) is 6.84. The third-order valence-electron chi connectivity index (χ3n) is 5.00. The van der Waals surface area contributed by atoms with E-state index >= 15 is 0 Å². The quantitative estimate of drug-likeness (QED) is 0.823. The van der Waals surface area contributed by atoms with Crippen LogP contribution in [-0.2, 0) is 9.59 Å². The van der Waals surface area contributed by atoms with Gasteiger partial charge in [-0.2, -0.15) is 0 Å². The second kappa shape index (κ2) is 8.28. The zero-order valence-corrected chi connectivity index (χ0v) is 14.5. The minimum absolute atomic E-state index is 0.0870. The Kier molecular flexibility index (Phi) is 5.84. The van der Waals surface area contributed by atoms with Crippen molar-refractivity contribution in [3.05, 3.63) is 41.7 Å². The molecule has 2 aliphatic rings. The largest absolute Gasteiger partial charge is 0.341 e. The number of nitrogens with zero attached hydrogens (tertiary/aromatic N) is 2. The number of benzene rings is 1. The number of piperidine rings is 1. The standard InChI is InChI=1S/C20H25FN2O2/c21-17-8-3-6-16(14-17)7-4-10-20(25)23-13-2-1-9-18(23)15-22-12-5-11-19(22)24/h3-4,6-8,14,18H,1-2,5,9-13,15H2/b7-4-. The maximum absolute atomic E-state index is 13.2. The minimum Gasteiger partial charge on any atom is -0.341 e. The highest BCUT2D eigenvalue weighted by molar-refractivity contribution is 5.80. The van der Waals surface area contributed by atoms with E-state index in [1.54, 1.807) is 18.2 Å². The van der Waals surface area contributed by atoms with Gasteiger partial charge in [0.25, 0.3) is 0 Å². The van der Waals surface area contributed by atoms with Crippen LogP contribution in [0.15, 0.2) is 30.3 Å². The van der Waals surface area contributed by atoms with Crippen molar-refractivity contribution in [1.82, 2.24) is 9.80 Å². The summed E-state index contributed by atoms with van der Waals surface area (Å²) in [6, 6.07) is 6.45. The van der Waals surface area contributed by atoms with Crippen LogP contribution in [0.1, 0.15) is 44.1 Å². The van der Waals surface area contributed by atoms with Crippen molar-refractivity contribution in [2.24, 2.45) is 0 Å². The molecule has 1 atom stereocenters. The molecular formula is C20H25FN2O2. The fraction of sp³-hybridized carbons (Fsp3) is 0.500. The SMILES string of the molecule is O=C1CCCN1CC1CCCCN1C(=O)C/C=C\c1cccc(F)c1. The second-order valence-electron chi connectivity index (χ2n) is 6.84. The highest BCUT2D eigenvalue weighted by Crippen LogP contribution is 2.21. The van der Waals surface area contributed by atoms with Gasteiger partial charge in [0.1, 0.15) is 5.82 Å². The van der Waals surface area contributed by atoms with E-state index in [0.29, 0.717) is 19.4 Å². The Morgan fingerprint density at radius 1 is 1.24 bits per heavy atom. The topological polar surface area (TPSA) is 40.6 Å². The van der Waals surface area contributed by atoms with Gasteiger partial charge in [0.2, 0.25) is 11.8 Å². The summed E-state index contributed by atoms with van der Waals surface area (Å²) in [5, 5.41) is 0. The van der Waals surface area contributed by atoms with Crippen LogP contribution in [0.4, 0.5) is 4.39 Å². The van der Waals surface area contributed by atoms with Crippen molar-refractivity contribution in [2.45, 2.75) is 44.6 Å². The van der Waals surface area contributed by atoms with E-state index in [1.165, 1.54) is 12.1 Å². The first-order valence-corrected chi connectivity index (χ1v) is 9.13. The number of hydrogen-bond acceptors (Lipinski definition) is 2. The number of carbonyl (C=O) groups excluding carboxylic acids is 2. The summed E-state index contributed by atoms with van der Waals surface area (Å²) < 4.78 is 13.2. The van der Waals surface area contributed by atoms with Gasteiger partial charge in [-0.25, -0.2) is 4.39 Å². The Bertz CT molecular complexity index is 659. The van der Waals surface area contributed by atoms with Gasteiger partial charge < -0.3 is 9.80 Å². The summed E-state index contributed by atoms with van der Waals surface area (Å²) in [5.41, 5.74) is 0.755. The van der Waals surface area contributed by atoms with Crippen LogP contribution in [0.3, 0.4) is 0 Å². The molecule has 2 amide bonds. The van der Waals surface area contributed by atoms with E-state index in [0.717, 1.165) is 44.3 Å². The van der Waals surface area contributed by atoms with Gasteiger partial charge in [-0.3, -0.25) is 9.59 Å². The van der Waals surface area contributed by atoms with Crippen LogP contribution in [0.25, 0.3) is 6.08 Å². The lowest BCUT2D eigenvalue weighted by atomic mass is 10.0. The van der Waals surface area contributed by atoms with Crippen LogP contribution in [0, 0.1) is 5.82 Å². The molecule has 1 aromatic rings. The molecular weight excluding hydrogens is 319 g/mol. The summed E-state index contributed by atoms with van der Waals surface area (Å²) in [4.78, 5) is 28.3. The van der Waals surface area contributed by atoms with E-state index in [4.69, 9.17) is 0 Å². The van der Waals surface area contributed by atoms with E-state index in [9.17, 15) is 14.0 Å². The summed E-state index contributed by atoms with van der Waals surface area (Å²) in [7, 11) is 0. The summed E-state index contributed by atoms with van der Waals surface area (Å²) in [5.74, 6) is 0.0211. The molecule has 3 rings (SSSR count). The van der Waals surface area contributed by atoms with Gasteiger partial charge in [0.05, 0.1) is 0 Å². The van der Waals surface area contributed by atoms with Gasteiger partial charge in [-0.1, -0.05) is 24.3 Å². The molecule has 2 heterocycles. The number of hydrogen-bond donors (Lipinski definition) is 0. The number of likely N-dealkylation sites (tertiary alicyclic amines) is 2. The van der Waals surface area contributed by atoms with Gasteiger partial charge in [0, 0.05) is 38.5 Å². The molecule has 2 fully saturated rings. The van der Waals surface area contributed by atoms with Gasteiger partial charge in [-0.05, 0) is 43.4 Å². The van der Waals surface area contributed by atoms with E-state index in [1.807, 2.05) is 15.9 Å². The molecule has 0 aliphatic carbocycles. The average Bonchev–Trinajstić information content (AvgIpc) is 3.00. The van der Waals surface area contributed by atoms with Crippen molar-refractivity contribution in [2.75, 3.05) is 19.6 Å². The number of amides is 2. The highest BCUT2D eigenvalue weighted by Gasteiger charge is 2.30. The molecule has 134 valence electrons.